The molecule has 25 heavy (non-hydrogen) atoms. The number of benzene rings is 2. The molecule has 0 fully saturated rings. The van der Waals surface area contributed by atoms with Crippen molar-refractivity contribution < 1.29 is 9.59 Å². The zero-order valence-corrected chi connectivity index (χ0v) is 14.2. The lowest BCUT2D eigenvalue weighted by molar-refractivity contribution is -0.129. The van der Waals surface area contributed by atoms with Crippen molar-refractivity contribution in [2.24, 2.45) is 0 Å². The summed E-state index contributed by atoms with van der Waals surface area (Å²) >= 11 is 0. The number of nitrogens with one attached hydrogen (secondary N) is 2. The van der Waals surface area contributed by atoms with E-state index in [4.69, 9.17) is 5.26 Å². The number of rotatable bonds is 5. The van der Waals surface area contributed by atoms with E-state index in [0.29, 0.717) is 11.3 Å². The lowest BCUT2D eigenvalue weighted by atomic mass is 10.0. The first kappa shape index (κ1) is 18.0. The van der Waals surface area contributed by atoms with E-state index in [1.807, 2.05) is 36.4 Å². The van der Waals surface area contributed by atoms with Gasteiger partial charge in [-0.25, -0.2) is 4.79 Å². The molecule has 0 aliphatic rings. The number of amides is 3. The van der Waals surface area contributed by atoms with Crippen molar-refractivity contribution in [3.63, 3.8) is 0 Å². The Hall–Kier alpha value is -3.33. The second kappa shape index (κ2) is 8.50. The van der Waals surface area contributed by atoms with Crippen LogP contribution in [0.15, 0.2) is 54.6 Å². The monoisotopic (exact) mass is 336 g/mol. The molecule has 0 spiro atoms. The molecule has 2 N–H and O–H groups in total. The third-order valence-electron chi connectivity index (χ3n) is 3.63. The fourth-order valence-electron chi connectivity index (χ4n) is 2.29. The summed E-state index contributed by atoms with van der Waals surface area (Å²) in [5.74, 6) is -0.0827. The lowest BCUT2D eigenvalue weighted by Gasteiger charge is -2.21. The molecule has 0 saturated carbocycles. The van der Waals surface area contributed by atoms with E-state index < -0.39 is 12.1 Å². The maximum absolute atomic E-state index is 12.3. The van der Waals surface area contributed by atoms with Crippen molar-refractivity contribution in [1.82, 2.24) is 10.2 Å². The van der Waals surface area contributed by atoms with Gasteiger partial charge >= 0.3 is 6.03 Å². The van der Waals surface area contributed by atoms with Gasteiger partial charge in [-0.1, -0.05) is 36.4 Å². The van der Waals surface area contributed by atoms with Gasteiger partial charge in [-0.15, -0.1) is 0 Å². The summed E-state index contributed by atoms with van der Waals surface area (Å²) < 4.78 is 0. The van der Waals surface area contributed by atoms with Crippen LogP contribution in [0.4, 0.5) is 10.5 Å². The summed E-state index contributed by atoms with van der Waals surface area (Å²) in [6.45, 7) is 0. The Balaban J connectivity index is 2.11. The number of carbonyl (C=O) groups is 2. The van der Waals surface area contributed by atoms with Gasteiger partial charge in [0, 0.05) is 19.8 Å². The fourth-order valence-corrected chi connectivity index (χ4v) is 2.29. The number of nitrogens with zero attached hydrogens (tertiary/aromatic N) is 2. The van der Waals surface area contributed by atoms with E-state index in [2.05, 4.69) is 10.6 Å². The van der Waals surface area contributed by atoms with Crippen molar-refractivity contribution in [1.29, 1.82) is 5.26 Å². The lowest BCUT2D eigenvalue weighted by Crippen LogP contribution is -2.36. The second-order valence-electron chi connectivity index (χ2n) is 5.75. The van der Waals surface area contributed by atoms with Gasteiger partial charge < -0.3 is 15.5 Å². The number of anilines is 1. The van der Waals surface area contributed by atoms with Crippen molar-refractivity contribution in [3.05, 3.63) is 65.7 Å². The molecule has 0 heterocycles. The van der Waals surface area contributed by atoms with Gasteiger partial charge in [0.1, 0.15) is 0 Å². The minimum Gasteiger partial charge on any atom is -0.349 e. The van der Waals surface area contributed by atoms with Gasteiger partial charge in [-0.3, -0.25) is 4.79 Å². The van der Waals surface area contributed by atoms with Gasteiger partial charge in [0.25, 0.3) is 0 Å². The highest BCUT2D eigenvalue weighted by Crippen LogP contribution is 2.18. The Labute approximate surface area is 147 Å². The summed E-state index contributed by atoms with van der Waals surface area (Å²) in [6, 6.07) is 17.1. The standard InChI is InChI=1S/C19H20N4O2/c1-23(2)18(24)12-17(15-8-4-3-5-9-15)22-19(25)21-16-10-6-7-14(11-16)13-20/h3-11,17H,12H2,1-2H3,(H2,21,22,25)/t17-/m1/s1. The largest absolute Gasteiger partial charge is 0.349 e. The molecule has 2 aromatic rings. The van der Waals surface area contributed by atoms with E-state index in [1.54, 1.807) is 38.4 Å². The third-order valence-corrected chi connectivity index (χ3v) is 3.63. The summed E-state index contributed by atoms with van der Waals surface area (Å²) in [6.07, 6.45) is 0.155. The Morgan fingerprint density at radius 3 is 2.48 bits per heavy atom. The molecule has 0 unspecified atom stereocenters. The zero-order valence-electron chi connectivity index (χ0n) is 14.2. The number of carbonyl (C=O) groups excluding carboxylic acids is 2. The van der Waals surface area contributed by atoms with Crippen LogP contribution in [0, 0.1) is 11.3 Å². The number of hydrogen-bond donors (Lipinski definition) is 2. The molecule has 2 aromatic carbocycles. The van der Waals surface area contributed by atoms with Crippen LogP contribution in [-0.4, -0.2) is 30.9 Å². The molecule has 0 aromatic heterocycles. The molecule has 0 radical (unpaired) electrons. The molecule has 0 bridgehead atoms. The van der Waals surface area contributed by atoms with Crippen LogP contribution in [0.5, 0.6) is 0 Å². The maximum atomic E-state index is 12.3. The number of nitriles is 1. The molecule has 6 heteroatoms. The minimum absolute atomic E-state index is 0.0827. The summed E-state index contributed by atoms with van der Waals surface area (Å²) in [5.41, 5.74) is 1.82. The van der Waals surface area contributed by atoms with Crippen LogP contribution < -0.4 is 10.6 Å². The maximum Gasteiger partial charge on any atom is 0.319 e. The first-order valence-corrected chi connectivity index (χ1v) is 7.82. The van der Waals surface area contributed by atoms with Crippen LogP contribution in [0.2, 0.25) is 0 Å². The minimum atomic E-state index is -0.449. The van der Waals surface area contributed by atoms with E-state index in [-0.39, 0.29) is 12.3 Å². The topological polar surface area (TPSA) is 85.2 Å². The van der Waals surface area contributed by atoms with E-state index in [1.165, 1.54) is 4.90 Å². The molecule has 6 nitrogen and oxygen atoms in total. The van der Waals surface area contributed by atoms with Gasteiger partial charge in [-0.05, 0) is 23.8 Å². The highest BCUT2D eigenvalue weighted by Gasteiger charge is 2.19. The van der Waals surface area contributed by atoms with Crippen LogP contribution in [0.25, 0.3) is 0 Å². The molecule has 0 saturated heterocycles. The second-order valence-corrected chi connectivity index (χ2v) is 5.75. The van der Waals surface area contributed by atoms with Gasteiger partial charge in [-0.2, -0.15) is 5.26 Å². The smallest absolute Gasteiger partial charge is 0.319 e. The highest BCUT2D eigenvalue weighted by atomic mass is 16.2. The SMILES string of the molecule is CN(C)C(=O)C[C@@H](NC(=O)Nc1cccc(C#N)c1)c1ccccc1. The fraction of sp³-hybridized carbons (Fsp3) is 0.211. The molecule has 128 valence electrons. The van der Waals surface area contributed by atoms with Gasteiger partial charge in [0.15, 0.2) is 0 Å². The first-order chi connectivity index (χ1) is 12.0. The number of urea groups is 1. The predicted molar refractivity (Wildman–Crippen MR) is 95.8 cm³/mol. The normalized spacial score (nSPS) is 11.1. The van der Waals surface area contributed by atoms with Crippen LogP contribution in [0.1, 0.15) is 23.6 Å². The van der Waals surface area contributed by atoms with E-state index in [9.17, 15) is 9.59 Å². The Kier molecular flexibility index (Phi) is 6.13. The van der Waals surface area contributed by atoms with E-state index in [0.717, 1.165) is 5.56 Å². The molecule has 2 rings (SSSR count). The molecule has 0 aliphatic heterocycles. The predicted octanol–water partition coefficient (Wildman–Crippen LogP) is 2.90. The first-order valence-electron chi connectivity index (χ1n) is 7.82. The summed E-state index contributed by atoms with van der Waals surface area (Å²) in [4.78, 5) is 25.9. The Morgan fingerprint density at radius 1 is 1.12 bits per heavy atom. The average molecular weight is 336 g/mol. The Morgan fingerprint density at radius 2 is 1.84 bits per heavy atom. The highest BCUT2D eigenvalue weighted by molar-refractivity contribution is 5.90. The van der Waals surface area contributed by atoms with E-state index >= 15 is 0 Å². The van der Waals surface area contributed by atoms with Crippen molar-refractivity contribution in [2.45, 2.75) is 12.5 Å². The number of hydrogen-bond acceptors (Lipinski definition) is 3. The zero-order chi connectivity index (χ0) is 18.2. The van der Waals surface area contributed by atoms with Crippen molar-refractivity contribution >= 4 is 17.6 Å². The molecular weight excluding hydrogens is 316 g/mol. The Bertz CT molecular complexity index is 782. The van der Waals surface area contributed by atoms with Crippen LogP contribution in [0.3, 0.4) is 0 Å². The van der Waals surface area contributed by atoms with Crippen LogP contribution >= 0.6 is 0 Å². The molecule has 0 aliphatic carbocycles. The molecule has 3 amide bonds. The van der Waals surface area contributed by atoms with Gasteiger partial charge in [0.05, 0.1) is 24.1 Å². The quantitative estimate of drug-likeness (QED) is 0.880. The molecule has 1 atom stereocenters. The van der Waals surface area contributed by atoms with Gasteiger partial charge in [0.2, 0.25) is 5.91 Å². The average Bonchev–Trinajstić information content (AvgIpc) is 2.61. The van der Waals surface area contributed by atoms with Crippen molar-refractivity contribution in [2.75, 3.05) is 19.4 Å². The summed E-state index contributed by atoms with van der Waals surface area (Å²) in [7, 11) is 3.36. The molecular formula is C19H20N4O2. The third kappa shape index (κ3) is 5.36. The van der Waals surface area contributed by atoms with Crippen LogP contribution in [-0.2, 0) is 4.79 Å². The summed E-state index contributed by atoms with van der Waals surface area (Å²) in [5, 5.41) is 14.4. The van der Waals surface area contributed by atoms with Crippen molar-refractivity contribution in [3.8, 4) is 6.07 Å².